The van der Waals surface area contributed by atoms with Gasteiger partial charge in [0.25, 0.3) is 0 Å². The van der Waals surface area contributed by atoms with Crippen LogP contribution < -0.4 is 16.4 Å². The van der Waals surface area contributed by atoms with Crippen LogP contribution in [0.5, 0.6) is 0 Å². The highest BCUT2D eigenvalue weighted by molar-refractivity contribution is 8.04. The average molecular weight is 683 g/mol. The van der Waals surface area contributed by atoms with Gasteiger partial charge in [-0.1, -0.05) is 72.8 Å². The molecule has 13 heteroatoms. The molecule has 0 aromatic heterocycles. The number of benzene rings is 3. The Balaban J connectivity index is 1.41. The van der Waals surface area contributed by atoms with E-state index in [1.807, 2.05) is 72.8 Å². The Morgan fingerprint density at radius 2 is 1.62 bits per heavy atom. The lowest BCUT2D eigenvalue weighted by atomic mass is 9.98. The zero-order chi connectivity index (χ0) is 33.8. The molecule has 1 heterocycles. The average Bonchev–Trinajstić information content (AvgIpc) is 3.05. The van der Waals surface area contributed by atoms with Gasteiger partial charge < -0.3 is 31.1 Å². The van der Waals surface area contributed by atoms with Crippen molar-refractivity contribution in [1.82, 2.24) is 15.5 Å². The number of carbonyl (C=O) groups excluding carboxylic acids is 4. The van der Waals surface area contributed by atoms with Crippen LogP contribution in [-0.4, -0.2) is 74.2 Å². The number of primary amides is 1. The van der Waals surface area contributed by atoms with Crippen LogP contribution in [0.15, 0.2) is 72.8 Å². The predicted octanol–water partition coefficient (Wildman–Crippen LogP) is 3.50. The lowest BCUT2D eigenvalue weighted by Gasteiger charge is -2.37. The molecule has 11 nitrogen and oxygen atoms in total. The Morgan fingerprint density at radius 1 is 0.894 bits per heavy atom. The van der Waals surface area contributed by atoms with Crippen LogP contribution in [0, 0.1) is 0 Å². The van der Waals surface area contributed by atoms with E-state index in [4.69, 9.17) is 5.73 Å². The number of hydrogen-bond acceptors (Lipinski definition) is 6. The number of amides is 4. The van der Waals surface area contributed by atoms with Crippen LogP contribution in [0.25, 0.3) is 10.8 Å². The van der Waals surface area contributed by atoms with Gasteiger partial charge in [0.1, 0.15) is 18.1 Å². The molecule has 4 rings (SSSR count). The van der Waals surface area contributed by atoms with E-state index in [9.17, 15) is 33.5 Å². The third-order valence-corrected chi connectivity index (χ3v) is 10.8. The number of unbranched alkanes of at least 4 members (excludes halogenated alkanes) is 1. The Bertz CT molecular complexity index is 1580. The lowest BCUT2D eigenvalue weighted by Crippen LogP contribution is -2.60. The molecule has 3 aromatic carbocycles. The van der Waals surface area contributed by atoms with Crippen molar-refractivity contribution < 1.29 is 33.5 Å². The van der Waals surface area contributed by atoms with E-state index < -0.39 is 48.9 Å². The molecule has 6 N–H and O–H groups in total. The third kappa shape index (κ3) is 11.5. The largest absolute Gasteiger partial charge is 0.368 e. The van der Waals surface area contributed by atoms with Crippen molar-refractivity contribution in [3.63, 3.8) is 0 Å². The summed E-state index contributed by atoms with van der Waals surface area (Å²) in [5.74, 6) is -2.15. The van der Waals surface area contributed by atoms with Crippen molar-refractivity contribution in [2.24, 2.45) is 5.73 Å². The van der Waals surface area contributed by atoms with Gasteiger partial charge in [-0.2, -0.15) is 0 Å². The van der Waals surface area contributed by atoms with Crippen LogP contribution in [0.2, 0.25) is 0 Å². The molecule has 0 bridgehead atoms. The fourth-order valence-corrected chi connectivity index (χ4v) is 7.58. The van der Waals surface area contributed by atoms with E-state index in [2.05, 4.69) is 10.6 Å². The number of aryl methyl sites for hydroxylation is 1. The fourth-order valence-electron chi connectivity index (χ4n) is 5.75. The quantitative estimate of drug-likeness (QED) is 0.113. The summed E-state index contributed by atoms with van der Waals surface area (Å²) in [6.45, 7) is 0.259. The second kappa shape index (κ2) is 17.5. The van der Waals surface area contributed by atoms with Gasteiger partial charge in [-0.15, -0.1) is 11.8 Å². The minimum Gasteiger partial charge on any atom is -0.368 e. The van der Waals surface area contributed by atoms with Gasteiger partial charge >= 0.3 is 7.60 Å². The highest BCUT2D eigenvalue weighted by Gasteiger charge is 2.37. The minimum atomic E-state index is -4.35. The molecule has 1 aliphatic heterocycles. The van der Waals surface area contributed by atoms with Crippen molar-refractivity contribution in [2.45, 2.75) is 69.5 Å². The monoisotopic (exact) mass is 682 g/mol. The molecule has 1 fully saturated rings. The number of nitrogens with one attached hydrogen (secondary N) is 2. The van der Waals surface area contributed by atoms with E-state index in [1.54, 1.807) is 0 Å². The normalized spacial score (nSPS) is 16.3. The number of nitrogens with zero attached hydrogens (tertiary/aromatic N) is 1. The van der Waals surface area contributed by atoms with Crippen molar-refractivity contribution in [2.75, 3.05) is 17.8 Å². The van der Waals surface area contributed by atoms with Crippen molar-refractivity contribution >= 4 is 53.8 Å². The molecule has 3 aromatic rings. The molecule has 0 spiro atoms. The Morgan fingerprint density at radius 3 is 2.34 bits per heavy atom. The minimum absolute atomic E-state index is 0.0730. The topological polar surface area (TPSA) is 179 Å². The second-order valence-electron chi connectivity index (χ2n) is 11.9. The maximum absolute atomic E-state index is 13.9. The summed E-state index contributed by atoms with van der Waals surface area (Å²) in [7, 11) is -4.35. The Labute approximate surface area is 279 Å². The van der Waals surface area contributed by atoms with Gasteiger partial charge in [0, 0.05) is 25.1 Å². The highest BCUT2D eigenvalue weighted by Crippen LogP contribution is 2.38. The number of rotatable bonds is 16. The third-order valence-electron chi connectivity index (χ3n) is 8.14. The molecule has 4 amide bonds. The number of thioether (sulfide) groups is 1. The SMILES string of the molecule is NC(=O)C(Cc1ccc2ccccc2c1)NC(=O)C1CCCCN1C(=O)C(CSCP(=O)(O)O)NC(=O)CCCCc1ccccc1. The summed E-state index contributed by atoms with van der Waals surface area (Å²) in [6, 6.07) is 20.5. The maximum atomic E-state index is 13.9. The zero-order valence-corrected chi connectivity index (χ0v) is 28.0. The first-order valence-corrected chi connectivity index (χ1v) is 18.8. The summed E-state index contributed by atoms with van der Waals surface area (Å²) >= 11 is 0.867. The Kier molecular flexibility index (Phi) is 13.4. The van der Waals surface area contributed by atoms with E-state index in [-0.39, 0.29) is 31.0 Å². The first kappa shape index (κ1) is 36.1. The molecule has 0 radical (unpaired) electrons. The van der Waals surface area contributed by atoms with Crippen LogP contribution in [-0.2, 0) is 36.6 Å². The lowest BCUT2D eigenvalue weighted by molar-refractivity contribution is -0.145. The van der Waals surface area contributed by atoms with Crippen LogP contribution in [0.1, 0.15) is 49.7 Å². The molecular weight excluding hydrogens is 639 g/mol. The van der Waals surface area contributed by atoms with Crippen molar-refractivity contribution in [1.29, 1.82) is 0 Å². The first-order chi connectivity index (χ1) is 22.5. The van der Waals surface area contributed by atoms with Crippen LogP contribution in [0.4, 0.5) is 0 Å². The standard InChI is InChI=1S/C34H43N4O7PS/c35-32(40)28(21-25-17-18-26-13-5-6-14-27(26)20-25)37-33(41)30-15-8-9-19-38(30)34(42)29(22-47-23-46(43,44)45)36-31(39)16-7-4-12-24-10-2-1-3-11-24/h1-3,5-6,10-11,13-14,17-18,20,28-30H,4,7-9,12,15-16,19,21-23H2,(H2,35,40)(H,36,39)(H,37,41)(H2,43,44,45). The van der Waals surface area contributed by atoms with Gasteiger partial charge in [0.05, 0.1) is 5.49 Å². The Hall–Kier alpha value is -3.70. The summed E-state index contributed by atoms with van der Waals surface area (Å²) in [4.78, 5) is 73.0. The molecule has 1 saturated heterocycles. The molecule has 0 saturated carbocycles. The van der Waals surface area contributed by atoms with Gasteiger partial charge in [-0.05, 0) is 60.4 Å². The molecule has 0 aliphatic carbocycles. The second-order valence-corrected chi connectivity index (χ2v) is 15.0. The van der Waals surface area contributed by atoms with Crippen molar-refractivity contribution in [3.05, 3.63) is 83.9 Å². The van der Waals surface area contributed by atoms with Crippen LogP contribution >= 0.6 is 19.4 Å². The van der Waals surface area contributed by atoms with E-state index in [0.29, 0.717) is 25.7 Å². The number of likely N-dealkylation sites (tertiary alicyclic amines) is 1. The van der Waals surface area contributed by atoms with Crippen molar-refractivity contribution in [3.8, 4) is 0 Å². The number of hydrogen-bond donors (Lipinski definition) is 5. The number of fused-ring (bicyclic) bond motifs is 1. The summed E-state index contributed by atoms with van der Waals surface area (Å²) in [5.41, 5.74) is 7.17. The van der Waals surface area contributed by atoms with Gasteiger partial charge in [0.15, 0.2) is 0 Å². The molecule has 1 aliphatic rings. The molecule has 252 valence electrons. The zero-order valence-electron chi connectivity index (χ0n) is 26.3. The van der Waals surface area contributed by atoms with Gasteiger partial charge in [0.2, 0.25) is 23.6 Å². The number of nitrogens with two attached hydrogens (primary N) is 1. The van der Waals surface area contributed by atoms with Gasteiger partial charge in [-0.3, -0.25) is 23.7 Å². The summed E-state index contributed by atoms with van der Waals surface area (Å²) in [6.07, 6.45) is 4.21. The fraction of sp³-hybridized carbons (Fsp3) is 0.412. The van der Waals surface area contributed by atoms with E-state index in [1.165, 1.54) is 10.5 Å². The number of piperidine rings is 1. The molecular formula is C34H43N4O7PS. The first-order valence-electron chi connectivity index (χ1n) is 15.8. The van der Waals surface area contributed by atoms with E-state index >= 15 is 0 Å². The predicted molar refractivity (Wildman–Crippen MR) is 183 cm³/mol. The summed E-state index contributed by atoms with van der Waals surface area (Å²) in [5, 5.41) is 7.54. The maximum Gasteiger partial charge on any atom is 0.335 e. The van der Waals surface area contributed by atoms with Crippen LogP contribution in [0.3, 0.4) is 0 Å². The van der Waals surface area contributed by atoms with Gasteiger partial charge in [-0.25, -0.2) is 0 Å². The molecule has 47 heavy (non-hydrogen) atoms. The molecule has 3 atom stereocenters. The summed E-state index contributed by atoms with van der Waals surface area (Å²) < 4.78 is 11.5. The number of carbonyl (C=O) groups is 4. The highest BCUT2D eigenvalue weighted by atomic mass is 32.2. The smallest absolute Gasteiger partial charge is 0.335 e. The molecule has 3 unspecified atom stereocenters. The van der Waals surface area contributed by atoms with E-state index in [0.717, 1.165) is 40.9 Å².